The summed E-state index contributed by atoms with van der Waals surface area (Å²) in [6, 6.07) is 6.99. The lowest BCUT2D eigenvalue weighted by molar-refractivity contribution is -0.161. The van der Waals surface area contributed by atoms with Gasteiger partial charge in [0.15, 0.2) is 0 Å². The number of fused-ring (bicyclic) bond motifs is 1. The summed E-state index contributed by atoms with van der Waals surface area (Å²) in [5.74, 6) is -0.975. The van der Waals surface area contributed by atoms with Gasteiger partial charge in [0.2, 0.25) is 11.8 Å². The molecule has 2 aromatic heterocycles. The van der Waals surface area contributed by atoms with Gasteiger partial charge in [-0.3, -0.25) is 14.4 Å². The Labute approximate surface area is 220 Å². The van der Waals surface area contributed by atoms with Crippen LogP contribution in [0.5, 0.6) is 0 Å². The summed E-state index contributed by atoms with van der Waals surface area (Å²) in [6.45, 7) is 5.95. The first-order valence-corrected chi connectivity index (χ1v) is 13.5. The van der Waals surface area contributed by atoms with Gasteiger partial charge in [0, 0.05) is 48.4 Å². The number of nitrogens with zero attached hydrogens (tertiary/aromatic N) is 2. The van der Waals surface area contributed by atoms with E-state index in [1.54, 1.807) is 31.2 Å². The highest BCUT2D eigenvalue weighted by Crippen LogP contribution is 2.36. The minimum absolute atomic E-state index is 0.203. The minimum atomic E-state index is -1.15. The molecule has 0 saturated carbocycles. The van der Waals surface area contributed by atoms with Crippen molar-refractivity contribution in [1.82, 2.24) is 20.2 Å². The van der Waals surface area contributed by atoms with E-state index in [1.807, 2.05) is 35.8 Å². The maximum absolute atomic E-state index is 14.0. The first-order valence-electron chi connectivity index (χ1n) is 12.6. The summed E-state index contributed by atoms with van der Waals surface area (Å²) in [7, 11) is 0. The predicted octanol–water partition coefficient (Wildman–Crippen LogP) is 2.80. The third kappa shape index (κ3) is 6.02. The molecule has 0 aliphatic carbocycles. The van der Waals surface area contributed by atoms with Crippen LogP contribution in [0.1, 0.15) is 44.9 Å². The number of hydrogen-bond acceptors (Lipinski definition) is 7. The zero-order chi connectivity index (χ0) is 26.6. The van der Waals surface area contributed by atoms with Crippen molar-refractivity contribution in [2.24, 2.45) is 11.1 Å². The highest BCUT2D eigenvalue weighted by molar-refractivity contribution is 7.07. The lowest BCUT2D eigenvalue weighted by Crippen LogP contribution is -2.59. The highest BCUT2D eigenvalue weighted by atomic mass is 32.1. The molecule has 1 fully saturated rings. The number of carbonyl (C=O) groups excluding carboxylic acids is 3. The van der Waals surface area contributed by atoms with E-state index in [4.69, 9.17) is 10.5 Å². The molecular formula is C27H35N5O4S. The molecule has 1 aromatic carbocycles. The van der Waals surface area contributed by atoms with Crippen LogP contribution in [0.2, 0.25) is 0 Å². The summed E-state index contributed by atoms with van der Waals surface area (Å²) in [4.78, 5) is 49.4. The molecule has 0 radical (unpaired) electrons. The van der Waals surface area contributed by atoms with Gasteiger partial charge in [-0.25, -0.2) is 4.98 Å². The fraction of sp³-hybridized carbons (Fsp3) is 0.481. The molecule has 3 aromatic rings. The molecule has 4 rings (SSSR count). The smallest absolute Gasteiger partial charge is 0.314 e. The first kappa shape index (κ1) is 26.8. The average molecular weight is 526 g/mol. The Balaban J connectivity index is 1.62. The summed E-state index contributed by atoms with van der Waals surface area (Å²) >= 11 is 1.47. The molecule has 0 spiro atoms. The molecule has 1 saturated heterocycles. The Morgan fingerprint density at radius 1 is 1.32 bits per heavy atom. The van der Waals surface area contributed by atoms with E-state index in [9.17, 15) is 14.4 Å². The van der Waals surface area contributed by atoms with Crippen LogP contribution < -0.4 is 11.1 Å². The lowest BCUT2D eigenvalue weighted by atomic mass is 9.76. The number of para-hydroxylation sites is 1. The molecule has 0 unspecified atom stereocenters. The zero-order valence-electron chi connectivity index (χ0n) is 21.6. The summed E-state index contributed by atoms with van der Waals surface area (Å²) in [5, 5.41) is 5.80. The largest absolute Gasteiger partial charge is 0.466 e. The number of aromatic amines is 1. The molecule has 1 aliphatic heterocycles. The Kier molecular flexibility index (Phi) is 7.99. The van der Waals surface area contributed by atoms with E-state index in [2.05, 4.69) is 15.3 Å². The summed E-state index contributed by atoms with van der Waals surface area (Å²) in [6.07, 6.45) is 3.80. The molecule has 37 heavy (non-hydrogen) atoms. The van der Waals surface area contributed by atoms with Gasteiger partial charge in [-0.2, -0.15) is 0 Å². The molecule has 2 atom stereocenters. The monoisotopic (exact) mass is 525 g/mol. The van der Waals surface area contributed by atoms with Crippen molar-refractivity contribution in [3.05, 3.63) is 52.6 Å². The first-order chi connectivity index (χ1) is 17.6. The van der Waals surface area contributed by atoms with Crippen molar-refractivity contribution in [1.29, 1.82) is 0 Å². The Hall–Kier alpha value is -3.24. The fourth-order valence-corrected chi connectivity index (χ4v) is 5.50. The second kappa shape index (κ2) is 11.0. The van der Waals surface area contributed by atoms with Crippen LogP contribution in [-0.4, -0.2) is 63.9 Å². The van der Waals surface area contributed by atoms with E-state index in [1.165, 1.54) is 11.3 Å². The number of rotatable bonds is 9. The number of benzene rings is 1. The number of esters is 1. The number of thiazole rings is 1. The van der Waals surface area contributed by atoms with E-state index < -0.39 is 22.9 Å². The number of nitrogens with one attached hydrogen (secondary N) is 2. The molecule has 9 nitrogen and oxygen atoms in total. The molecule has 3 heterocycles. The number of hydrogen-bond donors (Lipinski definition) is 3. The van der Waals surface area contributed by atoms with Crippen molar-refractivity contribution in [3.63, 3.8) is 0 Å². The van der Waals surface area contributed by atoms with Crippen LogP contribution in [0.4, 0.5) is 0 Å². The third-order valence-corrected chi connectivity index (χ3v) is 7.52. The number of amides is 2. The molecule has 10 heteroatoms. The number of aromatic nitrogens is 2. The number of likely N-dealkylation sites (tertiary alicyclic amines) is 1. The van der Waals surface area contributed by atoms with Gasteiger partial charge in [0.1, 0.15) is 6.04 Å². The Bertz CT molecular complexity index is 1250. The van der Waals surface area contributed by atoms with E-state index >= 15 is 0 Å². The van der Waals surface area contributed by atoms with E-state index in [0.717, 1.165) is 22.2 Å². The van der Waals surface area contributed by atoms with Gasteiger partial charge < -0.3 is 25.7 Å². The molecule has 4 N–H and O–H groups in total. The van der Waals surface area contributed by atoms with Gasteiger partial charge in [-0.15, -0.1) is 11.3 Å². The number of ether oxygens (including phenoxy) is 1. The van der Waals surface area contributed by atoms with Gasteiger partial charge >= 0.3 is 5.97 Å². The van der Waals surface area contributed by atoms with E-state index in [-0.39, 0.29) is 25.0 Å². The minimum Gasteiger partial charge on any atom is -0.466 e. The normalized spacial score (nSPS) is 19.0. The highest BCUT2D eigenvalue weighted by Gasteiger charge is 2.46. The number of H-pyrrole nitrogens is 1. The Morgan fingerprint density at radius 2 is 2.11 bits per heavy atom. The van der Waals surface area contributed by atoms with Crippen molar-refractivity contribution in [2.75, 3.05) is 19.7 Å². The van der Waals surface area contributed by atoms with Crippen LogP contribution >= 0.6 is 11.3 Å². The van der Waals surface area contributed by atoms with Crippen molar-refractivity contribution < 1.29 is 19.1 Å². The topological polar surface area (TPSA) is 130 Å². The summed E-state index contributed by atoms with van der Waals surface area (Å²) in [5.41, 5.74) is 8.43. The number of piperidine rings is 1. The maximum Gasteiger partial charge on any atom is 0.314 e. The van der Waals surface area contributed by atoms with E-state index in [0.29, 0.717) is 32.2 Å². The van der Waals surface area contributed by atoms with Gasteiger partial charge in [-0.1, -0.05) is 18.2 Å². The second-order valence-corrected chi connectivity index (χ2v) is 11.1. The molecular weight excluding hydrogens is 490 g/mol. The Morgan fingerprint density at radius 3 is 2.81 bits per heavy atom. The lowest BCUT2D eigenvalue weighted by Gasteiger charge is -2.42. The van der Waals surface area contributed by atoms with Crippen LogP contribution in [0.15, 0.2) is 41.4 Å². The van der Waals surface area contributed by atoms with Gasteiger partial charge in [0.25, 0.3) is 0 Å². The quantitative estimate of drug-likeness (QED) is 0.368. The van der Waals surface area contributed by atoms with Crippen LogP contribution in [-0.2, 0) is 32.0 Å². The maximum atomic E-state index is 14.0. The molecule has 0 bridgehead atoms. The van der Waals surface area contributed by atoms with Crippen LogP contribution in [0.3, 0.4) is 0 Å². The van der Waals surface area contributed by atoms with Gasteiger partial charge in [-0.05, 0) is 45.2 Å². The number of nitrogens with two attached hydrogens (primary N) is 1. The summed E-state index contributed by atoms with van der Waals surface area (Å²) < 4.78 is 5.47. The van der Waals surface area contributed by atoms with Gasteiger partial charge in [0.05, 0.1) is 28.8 Å². The average Bonchev–Trinajstić information content (AvgIpc) is 3.53. The van der Waals surface area contributed by atoms with Crippen molar-refractivity contribution in [2.45, 2.75) is 58.0 Å². The molecule has 198 valence electrons. The zero-order valence-corrected chi connectivity index (χ0v) is 22.4. The number of carbonyl (C=O) groups is 3. The second-order valence-electron chi connectivity index (χ2n) is 10.3. The predicted molar refractivity (Wildman–Crippen MR) is 143 cm³/mol. The standard InChI is InChI=1S/C27H35N5O4S/c1-4-36-25(35)27(13-19-15-37-17-30-19)10-7-11-32(16-27)23(33)22(31-24(34)26(2,3)28)12-18-14-29-21-9-6-5-8-20(18)21/h5-6,8-9,14-15,17,22,29H,4,7,10-13,16,28H2,1-3H3,(H,31,34)/t22-,27-/m1/s1. The third-order valence-electron chi connectivity index (χ3n) is 6.89. The molecule has 2 amide bonds. The van der Waals surface area contributed by atoms with Crippen molar-refractivity contribution >= 4 is 40.0 Å². The van der Waals surface area contributed by atoms with Crippen LogP contribution in [0, 0.1) is 5.41 Å². The SMILES string of the molecule is CCOC(=O)[C@@]1(Cc2cscn2)CCCN(C(=O)[C@@H](Cc2c[nH]c3ccccc23)NC(=O)C(C)(C)N)C1. The fourth-order valence-electron chi connectivity index (χ4n) is 4.94. The molecule has 1 aliphatic rings. The van der Waals surface area contributed by atoms with Crippen molar-refractivity contribution in [3.8, 4) is 0 Å². The van der Waals surface area contributed by atoms with Crippen LogP contribution in [0.25, 0.3) is 10.9 Å².